The fourth-order valence-corrected chi connectivity index (χ4v) is 10.5. The van der Waals surface area contributed by atoms with E-state index in [-0.39, 0.29) is 24.4 Å². The Morgan fingerprint density at radius 2 is 1.59 bits per heavy atom. The van der Waals surface area contributed by atoms with Crippen molar-refractivity contribution in [1.29, 1.82) is 0 Å². The molecule has 0 aliphatic heterocycles. The van der Waals surface area contributed by atoms with Gasteiger partial charge in [-0.25, -0.2) is 0 Å². The molecule has 0 radical (unpaired) electrons. The van der Waals surface area contributed by atoms with E-state index in [1.807, 2.05) is 0 Å². The van der Waals surface area contributed by atoms with E-state index < -0.39 is 0 Å². The molecule has 0 heterocycles. The molecule has 0 saturated heterocycles. The second kappa shape index (κ2) is 20.9. The molecule has 3 unspecified atom stereocenters. The highest BCUT2D eigenvalue weighted by atomic mass is 79.9. The van der Waals surface area contributed by atoms with Crippen LogP contribution >= 0.6 is 15.9 Å². The van der Waals surface area contributed by atoms with Gasteiger partial charge >= 0.3 is 5.97 Å². The van der Waals surface area contributed by atoms with Gasteiger partial charge in [-0.3, -0.25) is 9.59 Å². The fourth-order valence-electron chi connectivity index (χ4n) is 10.3. The van der Waals surface area contributed by atoms with Crippen LogP contribution in [0.2, 0.25) is 0 Å². The molecule has 3 saturated carbocycles. The highest BCUT2D eigenvalue weighted by molar-refractivity contribution is 9.09. The van der Waals surface area contributed by atoms with Crippen molar-refractivity contribution in [3.63, 3.8) is 0 Å². The highest BCUT2D eigenvalue weighted by Crippen LogP contribution is 2.65. The zero-order valence-electron chi connectivity index (χ0n) is 31.4. The van der Waals surface area contributed by atoms with Gasteiger partial charge in [-0.15, -0.1) is 0 Å². The summed E-state index contributed by atoms with van der Waals surface area (Å²) in [6, 6.07) is 0. The Morgan fingerprint density at radius 3 is 2.27 bits per heavy atom. The maximum absolute atomic E-state index is 12.7. The summed E-state index contributed by atoms with van der Waals surface area (Å²) in [4.78, 5) is 23.8. The molecule has 4 rings (SSSR count). The summed E-state index contributed by atoms with van der Waals surface area (Å²) in [6.45, 7) is 16.5. The standard InChI is InChI=1S/C40H68BrNO7/c1-28(2)7-6-8-29(3)35-11-12-36-33-10-9-31-26-32(25-30(4)39(31)34(33)13-15-40(35,36)5)49-38(44)14-17-45-19-21-47-23-24-48-22-20-46-18-16-42-37(43)27-41/h9,28-30,32-36,39H,6-8,10-27H2,1-5H3,(H,42,43)/t29-,30-,32?,33-,34+,35?,36+,39?,40-/m1/s1. The van der Waals surface area contributed by atoms with E-state index >= 15 is 0 Å². The van der Waals surface area contributed by atoms with E-state index in [2.05, 4.69) is 61.9 Å². The molecule has 49 heavy (non-hydrogen) atoms. The van der Waals surface area contributed by atoms with Gasteiger partial charge in [0, 0.05) is 13.0 Å². The first-order valence-corrected chi connectivity index (χ1v) is 20.8. The molecule has 0 aromatic carbocycles. The Morgan fingerprint density at radius 1 is 0.918 bits per heavy atom. The number of nitrogens with one attached hydrogen (secondary N) is 1. The first-order valence-electron chi connectivity index (χ1n) is 19.7. The lowest BCUT2D eigenvalue weighted by molar-refractivity contribution is -0.153. The van der Waals surface area contributed by atoms with E-state index in [1.165, 1.54) is 51.4 Å². The average molecular weight is 755 g/mol. The normalized spacial score (nSPS) is 31.4. The van der Waals surface area contributed by atoms with Gasteiger partial charge in [-0.2, -0.15) is 0 Å². The zero-order valence-corrected chi connectivity index (χ0v) is 32.9. The van der Waals surface area contributed by atoms with E-state index in [9.17, 15) is 9.59 Å². The van der Waals surface area contributed by atoms with Gasteiger partial charge in [0.15, 0.2) is 0 Å². The van der Waals surface area contributed by atoms with Gasteiger partial charge in [0.2, 0.25) is 5.91 Å². The van der Waals surface area contributed by atoms with Crippen molar-refractivity contribution < 1.29 is 33.3 Å². The summed E-state index contributed by atoms with van der Waals surface area (Å²) in [5, 5.41) is 3.02. The van der Waals surface area contributed by atoms with Crippen molar-refractivity contribution in [2.45, 2.75) is 111 Å². The maximum Gasteiger partial charge on any atom is 0.308 e. The SMILES string of the molecule is CC(C)CCC[C@@H](C)C1CC[C@H]2[C@@H]3CC=C4CC(OC(=O)CCOCCOCCOCCOCCNC(=O)CBr)C[C@@H](C)C4[C@H]3CC[C@]12C. The minimum atomic E-state index is -0.153. The molecule has 1 amide bonds. The second-order valence-electron chi connectivity index (χ2n) is 16.2. The Balaban J connectivity index is 1.07. The van der Waals surface area contributed by atoms with Crippen molar-refractivity contribution >= 4 is 27.8 Å². The van der Waals surface area contributed by atoms with E-state index in [0.29, 0.717) is 82.0 Å². The van der Waals surface area contributed by atoms with E-state index in [0.717, 1.165) is 48.3 Å². The summed E-state index contributed by atoms with van der Waals surface area (Å²) in [5.74, 6) is 6.13. The molecular weight excluding hydrogens is 686 g/mol. The van der Waals surface area contributed by atoms with Crippen LogP contribution in [0, 0.1) is 52.8 Å². The first kappa shape index (κ1) is 40.8. The fraction of sp³-hybridized carbons (Fsp3) is 0.900. The Labute approximate surface area is 306 Å². The third kappa shape index (κ3) is 12.0. The van der Waals surface area contributed by atoms with Gasteiger partial charge in [0.05, 0.1) is 64.6 Å². The van der Waals surface area contributed by atoms with Gasteiger partial charge in [-0.05, 0) is 91.3 Å². The summed E-state index contributed by atoms with van der Waals surface area (Å²) in [7, 11) is 0. The topological polar surface area (TPSA) is 92.3 Å². The number of halogens is 1. The third-order valence-electron chi connectivity index (χ3n) is 12.5. The van der Waals surface area contributed by atoms with Crippen LogP contribution in [-0.4, -0.2) is 82.7 Å². The largest absolute Gasteiger partial charge is 0.462 e. The van der Waals surface area contributed by atoms with Crippen LogP contribution in [0.15, 0.2) is 11.6 Å². The number of carbonyl (C=O) groups is 2. The van der Waals surface area contributed by atoms with Crippen LogP contribution in [0.5, 0.6) is 0 Å². The van der Waals surface area contributed by atoms with E-state index in [4.69, 9.17) is 23.7 Å². The number of amides is 1. The summed E-state index contributed by atoms with van der Waals surface area (Å²) < 4.78 is 28.1. The molecule has 1 N–H and O–H groups in total. The van der Waals surface area contributed by atoms with Crippen LogP contribution in [0.3, 0.4) is 0 Å². The van der Waals surface area contributed by atoms with Gasteiger partial charge in [0.1, 0.15) is 6.10 Å². The smallest absolute Gasteiger partial charge is 0.308 e. The van der Waals surface area contributed by atoms with Crippen molar-refractivity contribution in [2.24, 2.45) is 52.8 Å². The summed E-state index contributed by atoms with van der Waals surface area (Å²) >= 11 is 3.10. The Bertz CT molecular complexity index is 1040. The second-order valence-corrected chi connectivity index (χ2v) is 16.8. The summed E-state index contributed by atoms with van der Waals surface area (Å²) in [5.41, 5.74) is 2.10. The highest BCUT2D eigenvalue weighted by Gasteiger charge is 2.57. The molecule has 0 aromatic rings. The molecule has 3 fully saturated rings. The molecule has 9 atom stereocenters. The molecule has 0 aromatic heterocycles. The first-order chi connectivity index (χ1) is 23.6. The van der Waals surface area contributed by atoms with Gasteiger partial charge < -0.3 is 29.0 Å². The average Bonchev–Trinajstić information content (AvgIpc) is 3.43. The van der Waals surface area contributed by atoms with Crippen molar-refractivity contribution in [3.8, 4) is 0 Å². The summed E-state index contributed by atoms with van der Waals surface area (Å²) in [6.07, 6.45) is 15.8. The minimum absolute atomic E-state index is 0.00761. The molecular formula is C40H68BrNO7. The van der Waals surface area contributed by atoms with Gasteiger partial charge in [-0.1, -0.05) is 81.5 Å². The molecule has 0 bridgehead atoms. The number of esters is 1. The third-order valence-corrected chi connectivity index (χ3v) is 13.0. The number of hydrogen-bond donors (Lipinski definition) is 1. The van der Waals surface area contributed by atoms with Crippen LogP contribution < -0.4 is 5.32 Å². The van der Waals surface area contributed by atoms with Crippen molar-refractivity contribution in [1.82, 2.24) is 5.32 Å². The van der Waals surface area contributed by atoms with Crippen molar-refractivity contribution in [3.05, 3.63) is 11.6 Å². The predicted octanol–water partition coefficient (Wildman–Crippen LogP) is 7.76. The van der Waals surface area contributed by atoms with Crippen LogP contribution in [0.4, 0.5) is 0 Å². The number of fused-ring (bicyclic) bond motifs is 5. The number of rotatable bonds is 22. The monoisotopic (exact) mass is 753 g/mol. The Hall–Kier alpha value is -1.00. The number of ether oxygens (including phenoxy) is 5. The molecule has 4 aliphatic rings. The molecule has 282 valence electrons. The molecule has 4 aliphatic carbocycles. The minimum Gasteiger partial charge on any atom is -0.462 e. The zero-order chi connectivity index (χ0) is 35.2. The van der Waals surface area contributed by atoms with Crippen LogP contribution in [0.25, 0.3) is 0 Å². The Kier molecular flexibility index (Phi) is 17.4. The van der Waals surface area contributed by atoms with E-state index in [1.54, 1.807) is 5.57 Å². The molecule has 9 heteroatoms. The lowest BCUT2D eigenvalue weighted by atomic mass is 9.50. The lowest BCUT2D eigenvalue weighted by Gasteiger charge is -2.55. The molecule has 0 spiro atoms. The maximum atomic E-state index is 12.7. The number of hydrogen-bond acceptors (Lipinski definition) is 7. The van der Waals surface area contributed by atoms with Gasteiger partial charge in [0.25, 0.3) is 0 Å². The lowest BCUT2D eigenvalue weighted by Crippen LogP contribution is -2.48. The quantitative estimate of drug-likeness (QED) is 0.0523. The number of alkyl halides is 1. The number of allylic oxidation sites excluding steroid dienone is 1. The van der Waals surface area contributed by atoms with Crippen LogP contribution in [0.1, 0.15) is 105 Å². The molecule has 8 nitrogen and oxygen atoms in total. The number of carbonyl (C=O) groups excluding carboxylic acids is 2. The predicted molar refractivity (Wildman–Crippen MR) is 198 cm³/mol. The van der Waals surface area contributed by atoms with Crippen LogP contribution in [-0.2, 0) is 33.3 Å². The van der Waals surface area contributed by atoms with Crippen molar-refractivity contribution in [2.75, 3.05) is 64.7 Å².